The van der Waals surface area contributed by atoms with E-state index >= 15 is 0 Å². The van der Waals surface area contributed by atoms with E-state index < -0.39 is 17.3 Å². The van der Waals surface area contributed by atoms with E-state index in [2.05, 4.69) is 0 Å². The normalized spacial score (nSPS) is 18.4. The third-order valence-electron chi connectivity index (χ3n) is 5.47. The van der Waals surface area contributed by atoms with Crippen molar-refractivity contribution in [1.29, 1.82) is 5.26 Å². The summed E-state index contributed by atoms with van der Waals surface area (Å²) in [4.78, 5) is 29.0. The molecule has 1 aliphatic heterocycles. The Hall–Kier alpha value is -3.41. The van der Waals surface area contributed by atoms with Gasteiger partial charge in [0.15, 0.2) is 0 Å². The number of para-hydroxylation sites is 1. The van der Waals surface area contributed by atoms with Crippen LogP contribution in [0.25, 0.3) is 0 Å². The van der Waals surface area contributed by atoms with E-state index in [0.29, 0.717) is 12.1 Å². The molecule has 0 aliphatic carbocycles. The smallest absolute Gasteiger partial charge is 0.421 e. The number of fused-ring (bicyclic) bond motifs is 1. The minimum Gasteiger partial charge on any atom is -0.443 e. The number of nitriles is 1. The lowest BCUT2D eigenvalue weighted by atomic mass is 9.87. The Labute approximate surface area is 196 Å². The number of carbonyl (C=O) groups excluding carboxylic acids is 2. The summed E-state index contributed by atoms with van der Waals surface area (Å²) in [6.07, 6.45) is -0.114. The molecule has 0 unspecified atom stereocenters. The molecular weight excluding hydrogens is 438 g/mol. The van der Waals surface area contributed by atoms with Gasteiger partial charge in [-0.05, 0) is 56.8 Å². The molecule has 0 N–H and O–H groups in total. The molecule has 170 valence electrons. The van der Waals surface area contributed by atoms with Gasteiger partial charge in [-0.1, -0.05) is 31.2 Å². The summed E-state index contributed by atoms with van der Waals surface area (Å²) < 4.78 is 13.0. The average molecular weight is 464 g/mol. The van der Waals surface area contributed by atoms with Crippen LogP contribution in [0.1, 0.15) is 50.3 Å². The van der Waals surface area contributed by atoms with Crippen LogP contribution in [0.5, 0.6) is 0 Å². The van der Waals surface area contributed by atoms with Crippen LogP contribution in [-0.4, -0.2) is 28.8 Å². The van der Waals surface area contributed by atoms with Crippen molar-refractivity contribution >= 4 is 34.8 Å². The van der Waals surface area contributed by atoms with Gasteiger partial charge < -0.3 is 9.47 Å². The zero-order valence-corrected chi connectivity index (χ0v) is 19.8. The van der Waals surface area contributed by atoms with Crippen molar-refractivity contribution in [3.8, 4) is 6.07 Å². The monoisotopic (exact) mass is 463 g/mol. The fourth-order valence-corrected chi connectivity index (χ4v) is 5.05. The van der Waals surface area contributed by atoms with E-state index in [1.54, 1.807) is 38.2 Å². The van der Waals surface area contributed by atoms with E-state index in [9.17, 15) is 14.9 Å². The number of anilines is 2. The molecule has 3 heterocycles. The zero-order chi connectivity index (χ0) is 23.8. The first-order valence-electron chi connectivity index (χ1n) is 10.7. The number of thiophene rings is 1. The van der Waals surface area contributed by atoms with Crippen LogP contribution in [0, 0.1) is 11.3 Å². The topological polar surface area (TPSA) is 84.6 Å². The lowest BCUT2D eigenvalue weighted by Crippen LogP contribution is -2.34. The lowest BCUT2D eigenvalue weighted by molar-refractivity contribution is -0.127. The van der Waals surface area contributed by atoms with Crippen LogP contribution < -0.4 is 4.90 Å². The minimum absolute atomic E-state index is 0.0784. The number of amides is 1. The van der Waals surface area contributed by atoms with Crippen molar-refractivity contribution in [2.75, 3.05) is 11.5 Å². The minimum atomic E-state index is -0.809. The fourth-order valence-electron chi connectivity index (χ4n) is 4.09. The standard InChI is InChI=1S/C25H25N3O4S/c1-5-25(20-11-8-14-33-20)18-9-6-7-10-19(18)28(22(29)16-31-25)21-13-12-17(15-26)27(21)23(30)32-24(2,3)4/h6-14H,5,16H2,1-4H3/t25-/m0/s1. The number of rotatable bonds is 3. The molecule has 0 bridgehead atoms. The fraction of sp³-hybridized carbons (Fsp3) is 0.320. The van der Waals surface area contributed by atoms with Gasteiger partial charge in [-0.25, -0.2) is 9.36 Å². The first kappa shape index (κ1) is 22.8. The van der Waals surface area contributed by atoms with Crippen molar-refractivity contribution in [2.45, 2.75) is 45.3 Å². The zero-order valence-electron chi connectivity index (χ0n) is 19.0. The summed E-state index contributed by atoms with van der Waals surface area (Å²) in [5, 5.41) is 11.6. The predicted molar refractivity (Wildman–Crippen MR) is 126 cm³/mol. The molecule has 0 saturated heterocycles. The summed E-state index contributed by atoms with van der Waals surface area (Å²) in [5.74, 6) is -0.110. The highest BCUT2D eigenvalue weighted by atomic mass is 32.1. The number of hydrogen-bond donors (Lipinski definition) is 0. The number of carbonyl (C=O) groups is 2. The highest BCUT2D eigenvalue weighted by molar-refractivity contribution is 7.10. The summed E-state index contributed by atoms with van der Waals surface area (Å²) in [5.41, 5.74) is -0.0870. The second kappa shape index (κ2) is 8.50. The number of aromatic nitrogens is 1. The van der Waals surface area contributed by atoms with Crippen LogP contribution in [0.3, 0.4) is 0 Å². The Balaban J connectivity index is 1.93. The van der Waals surface area contributed by atoms with Crippen molar-refractivity contribution in [2.24, 2.45) is 0 Å². The number of ether oxygens (including phenoxy) is 2. The van der Waals surface area contributed by atoms with Gasteiger partial charge in [0.2, 0.25) is 0 Å². The maximum absolute atomic E-state index is 13.5. The molecule has 0 saturated carbocycles. The van der Waals surface area contributed by atoms with Gasteiger partial charge in [-0.2, -0.15) is 5.26 Å². The number of hydrogen-bond acceptors (Lipinski definition) is 6. The van der Waals surface area contributed by atoms with E-state index in [4.69, 9.17) is 9.47 Å². The van der Waals surface area contributed by atoms with Gasteiger partial charge in [0.05, 0.1) is 5.69 Å². The molecule has 8 heteroatoms. The molecule has 2 aromatic heterocycles. The number of benzene rings is 1. The van der Waals surface area contributed by atoms with Gasteiger partial charge in [0.1, 0.15) is 35.4 Å². The lowest BCUT2D eigenvalue weighted by Gasteiger charge is -2.32. The van der Waals surface area contributed by atoms with E-state index in [1.165, 1.54) is 11.0 Å². The van der Waals surface area contributed by atoms with Gasteiger partial charge in [-0.15, -0.1) is 11.3 Å². The Kier molecular flexibility index (Phi) is 5.87. The van der Waals surface area contributed by atoms with Crippen LogP contribution in [0.2, 0.25) is 0 Å². The third kappa shape index (κ3) is 3.94. The van der Waals surface area contributed by atoms with Crippen molar-refractivity contribution < 1.29 is 19.1 Å². The first-order chi connectivity index (χ1) is 15.7. The molecule has 1 amide bonds. The molecule has 1 aliphatic rings. The molecule has 1 aromatic carbocycles. The maximum atomic E-state index is 13.5. The Morgan fingerprint density at radius 2 is 1.97 bits per heavy atom. The quantitative estimate of drug-likeness (QED) is 0.508. The molecule has 33 heavy (non-hydrogen) atoms. The summed E-state index contributed by atoms with van der Waals surface area (Å²) in [7, 11) is 0. The second-order valence-electron chi connectivity index (χ2n) is 8.70. The summed E-state index contributed by atoms with van der Waals surface area (Å²) in [6.45, 7) is 7.07. The van der Waals surface area contributed by atoms with Crippen LogP contribution in [0.15, 0.2) is 53.9 Å². The first-order valence-corrected chi connectivity index (χ1v) is 11.6. The van der Waals surface area contributed by atoms with Crippen LogP contribution in [-0.2, 0) is 19.9 Å². The molecule has 3 aromatic rings. The van der Waals surface area contributed by atoms with Crippen molar-refractivity contribution in [3.63, 3.8) is 0 Å². The maximum Gasteiger partial charge on any atom is 0.421 e. The Morgan fingerprint density at radius 1 is 1.21 bits per heavy atom. The summed E-state index contributed by atoms with van der Waals surface area (Å²) in [6, 6.07) is 16.6. The Morgan fingerprint density at radius 3 is 2.61 bits per heavy atom. The molecular formula is C25H25N3O4S. The third-order valence-corrected chi connectivity index (χ3v) is 6.48. The number of nitrogens with zero attached hydrogens (tertiary/aromatic N) is 3. The molecule has 0 fully saturated rings. The van der Waals surface area contributed by atoms with Gasteiger partial charge in [0.25, 0.3) is 5.91 Å². The van der Waals surface area contributed by atoms with Gasteiger partial charge >= 0.3 is 6.09 Å². The highest BCUT2D eigenvalue weighted by Crippen LogP contribution is 2.47. The van der Waals surface area contributed by atoms with Crippen LogP contribution in [0.4, 0.5) is 16.3 Å². The molecule has 0 radical (unpaired) electrons. The van der Waals surface area contributed by atoms with E-state index in [1.807, 2.05) is 54.8 Å². The van der Waals surface area contributed by atoms with E-state index in [-0.39, 0.29) is 24.0 Å². The molecule has 1 atom stereocenters. The molecule has 7 nitrogen and oxygen atoms in total. The Bertz CT molecular complexity index is 1230. The highest BCUT2D eigenvalue weighted by Gasteiger charge is 2.43. The average Bonchev–Trinajstić information content (AvgIpc) is 3.43. The second-order valence-corrected chi connectivity index (χ2v) is 9.64. The van der Waals surface area contributed by atoms with Gasteiger partial charge in [-0.3, -0.25) is 9.69 Å². The van der Waals surface area contributed by atoms with Crippen molar-refractivity contribution in [3.05, 3.63) is 70.0 Å². The predicted octanol–water partition coefficient (Wildman–Crippen LogP) is 5.55. The SMILES string of the molecule is CC[C@]1(c2cccs2)OCC(=O)N(c2ccc(C#N)n2C(=O)OC(C)(C)C)c2ccccc21. The van der Waals surface area contributed by atoms with Crippen molar-refractivity contribution in [1.82, 2.24) is 4.57 Å². The summed E-state index contributed by atoms with van der Waals surface area (Å²) >= 11 is 1.57. The largest absolute Gasteiger partial charge is 0.443 e. The van der Waals surface area contributed by atoms with Gasteiger partial charge in [0, 0.05) is 10.4 Å². The molecule has 0 spiro atoms. The van der Waals surface area contributed by atoms with Crippen LogP contribution >= 0.6 is 11.3 Å². The van der Waals surface area contributed by atoms with E-state index in [0.717, 1.165) is 15.0 Å². The molecule has 4 rings (SSSR count).